The van der Waals surface area contributed by atoms with Gasteiger partial charge in [0.25, 0.3) is 21.4 Å². The number of esters is 1. The Hall–Kier alpha value is -4.02. The molecule has 0 aliphatic rings. The molecule has 16 heteroatoms. The maximum absolute atomic E-state index is 13.7. The highest BCUT2D eigenvalue weighted by Gasteiger charge is 2.34. The normalized spacial score (nSPS) is 11.9. The molecule has 1 aromatic heterocycles. The first kappa shape index (κ1) is 28.5. The number of carbonyl (C=O) groups excluding carboxylic acids is 1. The van der Waals surface area contributed by atoms with Crippen molar-refractivity contribution in [2.24, 2.45) is 0 Å². The molecule has 0 aliphatic heterocycles. The van der Waals surface area contributed by atoms with E-state index in [0.717, 1.165) is 16.4 Å². The molecular weight excluding hydrogens is 536 g/mol. The van der Waals surface area contributed by atoms with Crippen molar-refractivity contribution in [3.8, 4) is 0 Å². The number of nitro groups is 2. The molecule has 3 aromatic rings. The number of benzene rings is 2. The topological polar surface area (TPSA) is 181 Å². The largest absolute Gasteiger partial charge is 0.465 e. The van der Waals surface area contributed by atoms with Gasteiger partial charge in [-0.1, -0.05) is 37.0 Å². The number of non-ortho nitro benzene ring substituents is 1. The molecule has 0 atom stereocenters. The smallest absolute Gasteiger partial charge is 0.337 e. The first-order chi connectivity index (χ1) is 17.7. The van der Waals surface area contributed by atoms with E-state index in [0.29, 0.717) is 23.5 Å². The van der Waals surface area contributed by atoms with Gasteiger partial charge in [-0.15, -0.1) is 5.10 Å². The molecule has 2 aromatic carbocycles. The van der Waals surface area contributed by atoms with Crippen LogP contribution in [0.3, 0.4) is 0 Å². The summed E-state index contributed by atoms with van der Waals surface area (Å²) in [6, 6.07) is 8.34. The molecule has 0 unspecified atom stereocenters. The number of aromatic nitrogens is 3. The summed E-state index contributed by atoms with van der Waals surface area (Å²) in [7, 11) is -4.90. The summed E-state index contributed by atoms with van der Waals surface area (Å²) < 4.78 is 34.7. The highest BCUT2D eigenvalue weighted by atomic mass is 32.2. The molecule has 0 radical (unpaired) electrons. The third-order valence-electron chi connectivity index (χ3n) is 5.26. The SMILES string of the molecule is COC(=O)c1ccc(CN(Cc2cn(C[Si](C)(C)C)nn2)S(=O)(=O)c2ccc([N+](=O)[O-])cc2[N+](=O)[O-])cc1. The maximum Gasteiger partial charge on any atom is 0.337 e. The quantitative estimate of drug-likeness (QED) is 0.146. The number of carbonyl (C=O) groups is 1. The average molecular weight is 563 g/mol. The fraction of sp³-hybridized carbons (Fsp3) is 0.318. The van der Waals surface area contributed by atoms with Gasteiger partial charge in [0.15, 0.2) is 4.90 Å². The average Bonchev–Trinajstić information content (AvgIpc) is 3.28. The number of sulfonamides is 1. The van der Waals surface area contributed by atoms with Crippen molar-refractivity contribution in [1.29, 1.82) is 0 Å². The van der Waals surface area contributed by atoms with Gasteiger partial charge in [0.2, 0.25) is 0 Å². The zero-order valence-corrected chi connectivity index (χ0v) is 22.9. The van der Waals surface area contributed by atoms with Crippen LogP contribution >= 0.6 is 0 Å². The van der Waals surface area contributed by atoms with Crippen LogP contribution in [-0.2, 0) is 34.0 Å². The Morgan fingerprint density at radius 3 is 2.26 bits per heavy atom. The molecule has 38 heavy (non-hydrogen) atoms. The number of nitro benzene ring substituents is 2. The molecule has 0 bridgehead atoms. The van der Waals surface area contributed by atoms with Gasteiger partial charge in [0.05, 0.1) is 48.9 Å². The van der Waals surface area contributed by atoms with Gasteiger partial charge in [-0.25, -0.2) is 13.2 Å². The number of hydrogen-bond acceptors (Lipinski definition) is 10. The standard InChI is InChI=1S/C22H26N6O8SSi/c1-36-22(29)17-7-5-16(6-8-17)12-26(14-18-13-25(24-23-18)15-38(2,3)4)37(34,35)21-10-9-19(27(30)31)11-20(21)28(32)33/h5-11,13H,12,14-15H2,1-4H3. The minimum atomic E-state index is -4.56. The molecule has 0 N–H and O–H groups in total. The van der Waals surface area contributed by atoms with E-state index in [1.165, 1.54) is 31.4 Å². The van der Waals surface area contributed by atoms with Crippen molar-refractivity contribution in [3.63, 3.8) is 0 Å². The molecule has 0 aliphatic carbocycles. The number of ether oxygens (including phenoxy) is 1. The predicted molar refractivity (Wildman–Crippen MR) is 137 cm³/mol. The van der Waals surface area contributed by atoms with Crippen molar-refractivity contribution in [2.45, 2.75) is 43.8 Å². The van der Waals surface area contributed by atoms with Crippen molar-refractivity contribution < 1.29 is 27.8 Å². The number of nitrogens with zero attached hydrogens (tertiary/aromatic N) is 6. The summed E-state index contributed by atoms with van der Waals surface area (Å²) in [5, 5.41) is 31.0. The van der Waals surface area contributed by atoms with E-state index in [9.17, 15) is 33.4 Å². The first-order valence-corrected chi connectivity index (χ1v) is 16.4. The molecule has 0 saturated heterocycles. The lowest BCUT2D eigenvalue weighted by molar-refractivity contribution is -0.396. The third kappa shape index (κ3) is 6.84. The Morgan fingerprint density at radius 1 is 1.05 bits per heavy atom. The number of hydrogen-bond donors (Lipinski definition) is 0. The Kier molecular flexibility index (Phi) is 8.38. The van der Waals surface area contributed by atoms with Gasteiger partial charge in [0.1, 0.15) is 0 Å². The van der Waals surface area contributed by atoms with Crippen LogP contribution in [0.1, 0.15) is 21.6 Å². The Labute approximate surface area is 219 Å². The molecule has 0 saturated carbocycles. The summed E-state index contributed by atoms with van der Waals surface area (Å²) in [5.41, 5.74) is -0.503. The van der Waals surface area contributed by atoms with E-state index >= 15 is 0 Å². The van der Waals surface area contributed by atoms with Crippen molar-refractivity contribution in [1.82, 2.24) is 19.3 Å². The Bertz CT molecular complexity index is 1470. The first-order valence-electron chi connectivity index (χ1n) is 11.2. The second kappa shape index (κ2) is 11.2. The van der Waals surface area contributed by atoms with Crippen LogP contribution < -0.4 is 0 Å². The Morgan fingerprint density at radius 2 is 1.71 bits per heavy atom. The minimum Gasteiger partial charge on any atom is -0.465 e. The molecule has 14 nitrogen and oxygen atoms in total. The van der Waals surface area contributed by atoms with Crippen LogP contribution in [0.15, 0.2) is 53.6 Å². The fourth-order valence-corrected chi connectivity index (χ4v) is 6.23. The van der Waals surface area contributed by atoms with Gasteiger partial charge in [-0.3, -0.25) is 24.9 Å². The minimum absolute atomic E-state index is 0.237. The fourth-order valence-electron chi connectivity index (χ4n) is 3.57. The molecule has 0 fully saturated rings. The van der Waals surface area contributed by atoms with Crippen LogP contribution in [0, 0.1) is 20.2 Å². The van der Waals surface area contributed by atoms with Crippen LogP contribution in [0.25, 0.3) is 0 Å². The van der Waals surface area contributed by atoms with Crippen LogP contribution in [0.5, 0.6) is 0 Å². The lowest BCUT2D eigenvalue weighted by Crippen LogP contribution is -2.31. The molecule has 0 amide bonds. The van der Waals surface area contributed by atoms with E-state index in [4.69, 9.17) is 0 Å². The van der Waals surface area contributed by atoms with E-state index in [1.54, 1.807) is 10.9 Å². The van der Waals surface area contributed by atoms with Gasteiger partial charge in [0, 0.05) is 25.0 Å². The van der Waals surface area contributed by atoms with E-state index in [1.807, 2.05) is 0 Å². The maximum atomic E-state index is 13.7. The van der Waals surface area contributed by atoms with Gasteiger partial charge < -0.3 is 4.74 Å². The lowest BCUT2D eigenvalue weighted by Gasteiger charge is -2.21. The third-order valence-corrected chi connectivity index (χ3v) is 8.37. The van der Waals surface area contributed by atoms with Crippen molar-refractivity contribution in [3.05, 3.63) is 85.7 Å². The molecule has 202 valence electrons. The summed E-state index contributed by atoms with van der Waals surface area (Å²) in [6.07, 6.45) is 2.26. The number of methoxy groups -OCH3 is 1. The predicted octanol–water partition coefficient (Wildman–Crippen LogP) is 3.15. The Balaban J connectivity index is 2.05. The molecule has 1 heterocycles. The van der Waals surface area contributed by atoms with Crippen molar-refractivity contribution in [2.75, 3.05) is 7.11 Å². The highest BCUT2D eigenvalue weighted by Crippen LogP contribution is 2.32. The van der Waals surface area contributed by atoms with Gasteiger partial charge in [-0.2, -0.15) is 4.31 Å². The summed E-state index contributed by atoms with van der Waals surface area (Å²) in [6.45, 7) is 5.89. The van der Waals surface area contributed by atoms with Gasteiger partial charge >= 0.3 is 5.97 Å². The van der Waals surface area contributed by atoms with Crippen LogP contribution in [0.2, 0.25) is 19.6 Å². The van der Waals surface area contributed by atoms with Crippen LogP contribution in [0.4, 0.5) is 11.4 Å². The zero-order valence-electron chi connectivity index (χ0n) is 21.1. The second-order valence-corrected chi connectivity index (χ2v) is 16.9. The van der Waals surface area contributed by atoms with Gasteiger partial charge in [-0.05, 0) is 23.8 Å². The van der Waals surface area contributed by atoms with E-state index < -0.39 is 50.2 Å². The summed E-state index contributed by atoms with van der Waals surface area (Å²) in [5.74, 6) is -0.568. The second-order valence-electron chi connectivity index (χ2n) is 9.60. The monoisotopic (exact) mass is 562 g/mol. The molecule has 0 spiro atoms. The number of rotatable bonds is 11. The molecule has 3 rings (SSSR count). The summed E-state index contributed by atoms with van der Waals surface area (Å²) in [4.78, 5) is 32.0. The zero-order chi connectivity index (χ0) is 28.3. The van der Waals surface area contributed by atoms with Crippen molar-refractivity contribution >= 4 is 35.4 Å². The van der Waals surface area contributed by atoms with Crippen LogP contribution in [-0.4, -0.2) is 58.7 Å². The van der Waals surface area contributed by atoms with E-state index in [-0.39, 0.29) is 18.7 Å². The highest BCUT2D eigenvalue weighted by molar-refractivity contribution is 7.89. The molecular formula is C22H26N6O8SSi. The lowest BCUT2D eigenvalue weighted by atomic mass is 10.1. The summed E-state index contributed by atoms with van der Waals surface area (Å²) >= 11 is 0. The van der Waals surface area contributed by atoms with E-state index in [2.05, 4.69) is 34.7 Å².